The summed E-state index contributed by atoms with van der Waals surface area (Å²) in [5, 5.41) is 0. The molecule has 74 valence electrons. The van der Waals surface area contributed by atoms with Crippen LogP contribution in [-0.4, -0.2) is 21.5 Å². The van der Waals surface area contributed by atoms with E-state index < -0.39 is 0 Å². The van der Waals surface area contributed by atoms with Crippen LogP contribution < -0.4 is 10.5 Å². The van der Waals surface area contributed by atoms with E-state index in [9.17, 15) is 0 Å². The Labute approximate surface area is 85.1 Å². The molecule has 0 amide bonds. The van der Waals surface area contributed by atoms with Crippen LogP contribution in [0.1, 0.15) is 5.69 Å². The number of H-pyrrole nitrogens is 1. The Kier molecular flexibility index (Phi) is 2.47. The van der Waals surface area contributed by atoms with Crippen LogP contribution in [0.4, 0.5) is 0 Å². The molecule has 0 aliphatic heterocycles. The number of nitrogens with zero attached hydrogens (tertiary/aromatic N) is 2. The fraction of sp³-hybridized carbons (Fsp3) is 0.250. The maximum absolute atomic E-state index is 5.46. The maximum Gasteiger partial charge on any atom is 0.225 e. The van der Waals surface area contributed by atoms with Gasteiger partial charge >= 0.3 is 0 Å². The normalized spacial score (nSPS) is 10.4. The Balaban J connectivity index is 2.29. The summed E-state index contributed by atoms with van der Waals surface area (Å²) in [5.74, 6) is 1.39. The minimum Gasteiger partial charge on any atom is -0.480 e. The zero-order valence-electron chi connectivity index (χ0n) is 7.65. The molecule has 6 heteroatoms. The summed E-state index contributed by atoms with van der Waals surface area (Å²) < 4.78 is 9.06. The lowest BCUT2D eigenvalue weighted by Gasteiger charge is -1.89. The van der Waals surface area contributed by atoms with Gasteiger partial charge in [-0.1, -0.05) is 0 Å². The minimum absolute atomic E-state index is 0.461. The van der Waals surface area contributed by atoms with Gasteiger partial charge in [0.05, 0.1) is 12.0 Å². The quantitative estimate of drug-likeness (QED) is 0.792. The van der Waals surface area contributed by atoms with Gasteiger partial charge in [0.15, 0.2) is 0 Å². The Bertz CT molecular complexity index is 382. The number of hydrogen-bond donors (Lipinski definition) is 2. The third-order valence-electron chi connectivity index (χ3n) is 1.78. The number of imidazole rings is 1. The highest BCUT2D eigenvalue weighted by molar-refractivity contribution is 7.09. The van der Waals surface area contributed by atoms with E-state index in [0.29, 0.717) is 12.4 Å². The summed E-state index contributed by atoms with van der Waals surface area (Å²) >= 11 is 1.34. The molecule has 3 N–H and O–H groups in total. The van der Waals surface area contributed by atoms with Gasteiger partial charge in [0.2, 0.25) is 5.88 Å². The molecule has 2 heterocycles. The fourth-order valence-electron chi connectivity index (χ4n) is 1.05. The van der Waals surface area contributed by atoms with Crippen molar-refractivity contribution in [2.24, 2.45) is 5.73 Å². The lowest BCUT2D eigenvalue weighted by Crippen LogP contribution is -1.95. The Morgan fingerprint density at radius 2 is 2.50 bits per heavy atom. The van der Waals surface area contributed by atoms with Gasteiger partial charge in [0, 0.05) is 24.5 Å². The highest BCUT2D eigenvalue weighted by Gasteiger charge is 2.07. The van der Waals surface area contributed by atoms with Crippen LogP contribution in [0.5, 0.6) is 5.88 Å². The van der Waals surface area contributed by atoms with Crippen molar-refractivity contribution in [1.29, 1.82) is 0 Å². The first kappa shape index (κ1) is 9.17. The number of ether oxygens (including phenoxy) is 1. The van der Waals surface area contributed by atoms with E-state index in [0.717, 1.165) is 16.4 Å². The lowest BCUT2D eigenvalue weighted by atomic mass is 10.4. The van der Waals surface area contributed by atoms with Gasteiger partial charge < -0.3 is 15.5 Å². The monoisotopic (exact) mass is 210 g/mol. The number of aromatic amines is 1. The van der Waals surface area contributed by atoms with E-state index in [4.69, 9.17) is 10.5 Å². The predicted molar refractivity (Wildman–Crippen MR) is 54.1 cm³/mol. The number of nitrogens with one attached hydrogen (secondary N) is 1. The molecule has 2 rings (SSSR count). The number of methoxy groups -OCH3 is 1. The molecule has 0 bridgehead atoms. The van der Waals surface area contributed by atoms with Crippen LogP contribution >= 0.6 is 11.5 Å². The van der Waals surface area contributed by atoms with Gasteiger partial charge in [0.1, 0.15) is 5.82 Å². The second-order valence-corrected chi connectivity index (χ2v) is 3.50. The van der Waals surface area contributed by atoms with Crippen LogP contribution in [0, 0.1) is 0 Å². The van der Waals surface area contributed by atoms with E-state index in [1.807, 2.05) is 6.07 Å². The molecule has 0 aliphatic rings. The first-order chi connectivity index (χ1) is 6.83. The number of aromatic nitrogens is 3. The largest absolute Gasteiger partial charge is 0.480 e. The van der Waals surface area contributed by atoms with Crippen molar-refractivity contribution < 1.29 is 4.74 Å². The molecular formula is C8H10N4OS. The van der Waals surface area contributed by atoms with E-state index in [1.54, 1.807) is 13.3 Å². The highest BCUT2D eigenvalue weighted by atomic mass is 32.1. The maximum atomic E-state index is 5.46. The average Bonchev–Trinajstić information content (AvgIpc) is 2.86. The zero-order chi connectivity index (χ0) is 9.97. The van der Waals surface area contributed by atoms with Gasteiger partial charge in [-0.3, -0.25) is 0 Å². The van der Waals surface area contributed by atoms with Crippen LogP contribution in [0.15, 0.2) is 12.3 Å². The standard InChI is InChI=1S/C8H10N4OS/c1-13-7-2-6(14-12-7)8-10-4-5(3-9)11-8/h2,4H,3,9H2,1H3,(H,10,11). The molecule has 0 saturated carbocycles. The van der Waals surface area contributed by atoms with Crippen molar-refractivity contribution in [3.05, 3.63) is 18.0 Å². The van der Waals surface area contributed by atoms with Crippen LogP contribution in [0.3, 0.4) is 0 Å². The molecule has 0 fully saturated rings. The van der Waals surface area contributed by atoms with E-state index in [-0.39, 0.29) is 0 Å². The van der Waals surface area contributed by atoms with Crippen molar-refractivity contribution >= 4 is 11.5 Å². The summed E-state index contributed by atoms with van der Waals surface area (Å²) in [6, 6.07) is 1.84. The van der Waals surface area contributed by atoms with E-state index in [2.05, 4.69) is 14.3 Å². The molecule has 0 spiro atoms. The lowest BCUT2D eigenvalue weighted by molar-refractivity contribution is 0.403. The van der Waals surface area contributed by atoms with Crippen molar-refractivity contribution in [3.8, 4) is 16.6 Å². The van der Waals surface area contributed by atoms with E-state index >= 15 is 0 Å². The average molecular weight is 210 g/mol. The van der Waals surface area contributed by atoms with Gasteiger partial charge in [-0.25, -0.2) is 4.98 Å². The third-order valence-corrected chi connectivity index (χ3v) is 2.56. The molecule has 0 atom stereocenters. The Morgan fingerprint density at radius 1 is 1.64 bits per heavy atom. The zero-order valence-corrected chi connectivity index (χ0v) is 8.47. The molecule has 0 radical (unpaired) electrons. The van der Waals surface area contributed by atoms with Gasteiger partial charge in [-0.2, -0.15) is 4.37 Å². The van der Waals surface area contributed by atoms with Crippen molar-refractivity contribution in [2.75, 3.05) is 7.11 Å². The van der Waals surface area contributed by atoms with Crippen molar-refractivity contribution in [1.82, 2.24) is 14.3 Å². The fourth-order valence-corrected chi connectivity index (χ4v) is 1.71. The van der Waals surface area contributed by atoms with E-state index in [1.165, 1.54) is 11.5 Å². The SMILES string of the molecule is COc1cc(-c2ncc(CN)[nH]2)sn1. The molecule has 5 nitrogen and oxygen atoms in total. The number of hydrogen-bond acceptors (Lipinski definition) is 5. The molecule has 2 aromatic rings. The summed E-state index contributed by atoms with van der Waals surface area (Å²) in [6.45, 7) is 0.461. The minimum atomic E-state index is 0.461. The highest BCUT2D eigenvalue weighted by Crippen LogP contribution is 2.25. The summed E-state index contributed by atoms with van der Waals surface area (Å²) in [5.41, 5.74) is 6.37. The van der Waals surface area contributed by atoms with Crippen molar-refractivity contribution in [3.63, 3.8) is 0 Å². The summed E-state index contributed by atoms with van der Waals surface area (Å²) in [7, 11) is 1.59. The van der Waals surface area contributed by atoms with Gasteiger partial charge in [-0.05, 0) is 11.5 Å². The number of rotatable bonds is 3. The van der Waals surface area contributed by atoms with Crippen molar-refractivity contribution in [2.45, 2.75) is 6.54 Å². The van der Waals surface area contributed by atoms with Gasteiger partial charge in [-0.15, -0.1) is 0 Å². The summed E-state index contributed by atoms with van der Waals surface area (Å²) in [6.07, 6.45) is 1.72. The summed E-state index contributed by atoms with van der Waals surface area (Å²) in [4.78, 5) is 8.23. The molecule has 0 aliphatic carbocycles. The third kappa shape index (κ3) is 1.61. The first-order valence-corrected chi connectivity index (χ1v) is 4.86. The predicted octanol–water partition coefficient (Wildman–Crippen LogP) is 1.00. The van der Waals surface area contributed by atoms with Crippen LogP contribution in [0.25, 0.3) is 10.7 Å². The molecular weight excluding hydrogens is 200 g/mol. The molecule has 0 saturated heterocycles. The molecule has 14 heavy (non-hydrogen) atoms. The molecule has 2 aromatic heterocycles. The van der Waals surface area contributed by atoms with Crippen LogP contribution in [0.2, 0.25) is 0 Å². The second kappa shape index (κ2) is 3.77. The van der Waals surface area contributed by atoms with Gasteiger partial charge in [0.25, 0.3) is 0 Å². The Morgan fingerprint density at radius 3 is 3.07 bits per heavy atom. The Hall–Kier alpha value is -1.40. The smallest absolute Gasteiger partial charge is 0.225 e. The topological polar surface area (TPSA) is 76.8 Å². The second-order valence-electron chi connectivity index (χ2n) is 2.69. The number of nitrogens with two attached hydrogens (primary N) is 1. The van der Waals surface area contributed by atoms with Crippen LogP contribution in [-0.2, 0) is 6.54 Å². The molecule has 0 aromatic carbocycles. The molecule has 0 unspecified atom stereocenters. The first-order valence-electron chi connectivity index (χ1n) is 4.08.